The molecule has 1 N–H and O–H groups in total. The smallest absolute Gasteiger partial charge is 0.195 e. The second kappa shape index (κ2) is 4.87. The summed E-state index contributed by atoms with van der Waals surface area (Å²) in [5, 5.41) is 0.731. The van der Waals surface area contributed by atoms with Crippen LogP contribution in [0.4, 0.5) is 4.39 Å². The molecule has 0 unspecified atom stereocenters. The average Bonchev–Trinajstić information content (AvgIpc) is 2.79. The number of H-pyrrole nitrogens is 1. The molecule has 0 spiro atoms. The number of carbonyl (C=O) groups excluding carboxylic acids is 1. The maximum atomic E-state index is 13.2. The highest BCUT2D eigenvalue weighted by Gasteiger charge is 2.15. The van der Waals surface area contributed by atoms with Crippen molar-refractivity contribution < 1.29 is 9.18 Å². The molecule has 20 heavy (non-hydrogen) atoms. The molecule has 1 heterocycles. The largest absolute Gasteiger partial charge is 0.360 e. The third-order valence-corrected chi connectivity index (χ3v) is 3.65. The SMILES string of the molecule is Cc1cc(Br)cc(C(=O)c2c[nH]c3cc(F)ccc23)c1. The predicted octanol–water partition coefficient (Wildman–Crippen LogP) is 4.61. The van der Waals surface area contributed by atoms with Gasteiger partial charge in [-0.1, -0.05) is 15.9 Å². The van der Waals surface area contributed by atoms with E-state index in [1.165, 1.54) is 12.1 Å². The molecular weight excluding hydrogens is 321 g/mol. The Morgan fingerprint density at radius 1 is 1.20 bits per heavy atom. The number of hydrogen-bond acceptors (Lipinski definition) is 1. The zero-order chi connectivity index (χ0) is 14.3. The molecule has 1 aromatic heterocycles. The van der Waals surface area contributed by atoms with Gasteiger partial charge in [-0.05, 0) is 48.9 Å². The quantitative estimate of drug-likeness (QED) is 0.683. The number of carbonyl (C=O) groups is 1. The number of hydrogen-bond donors (Lipinski definition) is 1. The Kier molecular flexibility index (Phi) is 3.18. The third kappa shape index (κ3) is 2.27. The van der Waals surface area contributed by atoms with Gasteiger partial charge in [0.1, 0.15) is 5.82 Å². The van der Waals surface area contributed by atoms with Gasteiger partial charge in [0.25, 0.3) is 0 Å². The monoisotopic (exact) mass is 331 g/mol. The highest BCUT2D eigenvalue weighted by Crippen LogP contribution is 2.24. The van der Waals surface area contributed by atoms with Crippen LogP contribution < -0.4 is 0 Å². The van der Waals surface area contributed by atoms with Gasteiger partial charge in [0, 0.05) is 32.7 Å². The minimum atomic E-state index is -0.323. The summed E-state index contributed by atoms with van der Waals surface area (Å²) in [6.45, 7) is 1.94. The van der Waals surface area contributed by atoms with Crippen molar-refractivity contribution in [3.8, 4) is 0 Å². The molecule has 4 heteroatoms. The second-order valence-electron chi connectivity index (χ2n) is 4.74. The molecule has 3 aromatic rings. The van der Waals surface area contributed by atoms with Gasteiger partial charge in [-0.25, -0.2) is 4.39 Å². The number of nitrogens with one attached hydrogen (secondary N) is 1. The Morgan fingerprint density at radius 3 is 2.75 bits per heavy atom. The molecule has 3 rings (SSSR count). The molecule has 0 amide bonds. The molecule has 0 atom stereocenters. The predicted molar refractivity (Wildman–Crippen MR) is 80.6 cm³/mol. The lowest BCUT2D eigenvalue weighted by Gasteiger charge is -2.03. The first-order valence-electron chi connectivity index (χ1n) is 6.13. The molecule has 0 saturated carbocycles. The van der Waals surface area contributed by atoms with Gasteiger partial charge in [-0.15, -0.1) is 0 Å². The number of aryl methyl sites for hydroxylation is 1. The van der Waals surface area contributed by atoms with E-state index >= 15 is 0 Å². The molecule has 0 bridgehead atoms. The van der Waals surface area contributed by atoms with Crippen molar-refractivity contribution in [3.63, 3.8) is 0 Å². The number of ketones is 1. The van der Waals surface area contributed by atoms with E-state index in [-0.39, 0.29) is 11.6 Å². The highest BCUT2D eigenvalue weighted by molar-refractivity contribution is 9.10. The van der Waals surface area contributed by atoms with Crippen molar-refractivity contribution in [2.75, 3.05) is 0 Å². The molecule has 100 valence electrons. The molecule has 0 aliphatic rings. The van der Waals surface area contributed by atoms with Crippen molar-refractivity contribution in [1.82, 2.24) is 4.98 Å². The minimum Gasteiger partial charge on any atom is -0.360 e. The minimum absolute atomic E-state index is 0.0766. The van der Waals surface area contributed by atoms with E-state index in [2.05, 4.69) is 20.9 Å². The standard InChI is InChI=1S/C16H11BrFNO/c1-9-4-10(6-11(17)5-9)16(20)14-8-19-15-7-12(18)2-3-13(14)15/h2-8,19H,1H3. The van der Waals surface area contributed by atoms with Crippen LogP contribution in [-0.4, -0.2) is 10.8 Å². The number of rotatable bonds is 2. The van der Waals surface area contributed by atoms with E-state index in [9.17, 15) is 9.18 Å². The van der Waals surface area contributed by atoms with Crippen LogP contribution in [0, 0.1) is 12.7 Å². The van der Waals surface area contributed by atoms with Crippen LogP contribution in [0.3, 0.4) is 0 Å². The molecule has 0 saturated heterocycles. The highest BCUT2D eigenvalue weighted by atomic mass is 79.9. The fourth-order valence-corrected chi connectivity index (χ4v) is 2.92. The summed E-state index contributed by atoms with van der Waals surface area (Å²) in [5.41, 5.74) is 2.80. The summed E-state index contributed by atoms with van der Waals surface area (Å²) in [6.07, 6.45) is 1.63. The Bertz CT molecular complexity index is 802. The van der Waals surface area contributed by atoms with E-state index in [4.69, 9.17) is 0 Å². The normalized spacial score (nSPS) is 10.9. The Balaban J connectivity index is 2.12. The van der Waals surface area contributed by atoms with Gasteiger partial charge in [-0.2, -0.15) is 0 Å². The van der Waals surface area contributed by atoms with E-state index < -0.39 is 0 Å². The summed E-state index contributed by atoms with van der Waals surface area (Å²) in [4.78, 5) is 15.5. The Morgan fingerprint density at radius 2 is 2.00 bits per heavy atom. The maximum absolute atomic E-state index is 13.2. The van der Waals surface area contributed by atoms with Crippen LogP contribution >= 0.6 is 15.9 Å². The van der Waals surface area contributed by atoms with Crippen LogP contribution in [0.1, 0.15) is 21.5 Å². The summed E-state index contributed by atoms with van der Waals surface area (Å²) in [5.74, 6) is -0.399. The Hall–Kier alpha value is -1.94. The Labute approximate surface area is 123 Å². The van der Waals surface area contributed by atoms with E-state index in [1.807, 2.05) is 19.1 Å². The second-order valence-corrected chi connectivity index (χ2v) is 5.65. The maximum Gasteiger partial charge on any atom is 0.195 e. The lowest BCUT2D eigenvalue weighted by atomic mass is 10.0. The van der Waals surface area contributed by atoms with Gasteiger partial charge in [0.15, 0.2) is 5.78 Å². The molecule has 2 nitrogen and oxygen atoms in total. The summed E-state index contributed by atoms with van der Waals surface area (Å²) in [7, 11) is 0. The molecule has 0 aliphatic heterocycles. The van der Waals surface area contributed by atoms with Crippen molar-refractivity contribution in [3.05, 3.63) is 69.6 Å². The zero-order valence-corrected chi connectivity index (χ0v) is 12.3. The summed E-state index contributed by atoms with van der Waals surface area (Å²) < 4.78 is 14.0. The van der Waals surface area contributed by atoms with Crippen LogP contribution in [0.5, 0.6) is 0 Å². The van der Waals surface area contributed by atoms with Crippen LogP contribution in [0.15, 0.2) is 47.1 Å². The molecule has 0 aliphatic carbocycles. The van der Waals surface area contributed by atoms with Crippen molar-refractivity contribution in [2.24, 2.45) is 0 Å². The van der Waals surface area contributed by atoms with Crippen LogP contribution in [0.2, 0.25) is 0 Å². The number of benzene rings is 2. The van der Waals surface area contributed by atoms with Gasteiger partial charge >= 0.3 is 0 Å². The van der Waals surface area contributed by atoms with E-state index in [1.54, 1.807) is 18.3 Å². The first-order valence-corrected chi connectivity index (χ1v) is 6.92. The van der Waals surface area contributed by atoms with Crippen molar-refractivity contribution in [2.45, 2.75) is 6.92 Å². The lowest BCUT2D eigenvalue weighted by molar-refractivity contribution is 0.104. The van der Waals surface area contributed by atoms with Gasteiger partial charge in [0.2, 0.25) is 0 Å². The topological polar surface area (TPSA) is 32.9 Å². The first kappa shape index (κ1) is 13.1. The van der Waals surface area contributed by atoms with Crippen LogP contribution in [0.25, 0.3) is 10.9 Å². The van der Waals surface area contributed by atoms with E-state index in [0.717, 1.165) is 15.4 Å². The number of halogens is 2. The van der Waals surface area contributed by atoms with Gasteiger partial charge in [0.05, 0.1) is 0 Å². The van der Waals surface area contributed by atoms with Crippen molar-refractivity contribution in [1.29, 1.82) is 0 Å². The number of aromatic nitrogens is 1. The van der Waals surface area contributed by atoms with Gasteiger partial charge in [-0.3, -0.25) is 4.79 Å². The summed E-state index contributed by atoms with van der Waals surface area (Å²) >= 11 is 3.39. The third-order valence-electron chi connectivity index (χ3n) is 3.19. The van der Waals surface area contributed by atoms with Crippen LogP contribution in [-0.2, 0) is 0 Å². The molecular formula is C16H11BrFNO. The fourth-order valence-electron chi connectivity index (χ4n) is 2.31. The number of aromatic amines is 1. The fraction of sp³-hybridized carbons (Fsp3) is 0.0625. The molecule has 0 fully saturated rings. The van der Waals surface area contributed by atoms with Crippen molar-refractivity contribution >= 4 is 32.6 Å². The first-order chi connectivity index (χ1) is 9.54. The average molecular weight is 332 g/mol. The zero-order valence-electron chi connectivity index (χ0n) is 10.7. The summed E-state index contributed by atoms with van der Waals surface area (Å²) in [6, 6.07) is 9.95. The lowest BCUT2D eigenvalue weighted by Crippen LogP contribution is -2.01. The molecule has 2 aromatic carbocycles. The van der Waals surface area contributed by atoms with Gasteiger partial charge < -0.3 is 4.98 Å². The molecule has 0 radical (unpaired) electrons. The van der Waals surface area contributed by atoms with E-state index in [0.29, 0.717) is 16.6 Å². The number of fused-ring (bicyclic) bond motifs is 1.